The molecular weight excluding hydrogens is 266 g/mol. The molecule has 3 nitrogen and oxygen atoms in total. The lowest BCUT2D eigenvalue weighted by Gasteiger charge is -2.26. The summed E-state index contributed by atoms with van der Waals surface area (Å²) in [5, 5.41) is 4.23. The van der Waals surface area contributed by atoms with Crippen LogP contribution in [0.15, 0.2) is 24.3 Å². The van der Waals surface area contributed by atoms with Crippen LogP contribution in [0.2, 0.25) is 0 Å². The summed E-state index contributed by atoms with van der Waals surface area (Å²) in [6.45, 7) is 2.16. The van der Waals surface area contributed by atoms with Gasteiger partial charge >= 0.3 is 0 Å². The predicted molar refractivity (Wildman–Crippen MR) is 83.0 cm³/mol. The lowest BCUT2D eigenvalue weighted by atomic mass is 9.79. The van der Waals surface area contributed by atoms with E-state index in [0.717, 1.165) is 29.3 Å². The number of benzene rings is 1. The van der Waals surface area contributed by atoms with Crippen molar-refractivity contribution < 1.29 is 0 Å². The van der Waals surface area contributed by atoms with E-state index in [4.69, 9.17) is 5.73 Å². The van der Waals surface area contributed by atoms with E-state index in [0.29, 0.717) is 0 Å². The van der Waals surface area contributed by atoms with Crippen molar-refractivity contribution in [2.75, 3.05) is 0 Å². The molecule has 3 rings (SSSR count). The largest absolute Gasteiger partial charge is 0.320 e. The Bertz CT molecular complexity index is 575. The van der Waals surface area contributed by atoms with Crippen LogP contribution in [0.3, 0.4) is 0 Å². The first-order valence-electron chi connectivity index (χ1n) is 7.46. The second kappa shape index (κ2) is 6.02. The molecule has 1 aromatic heterocycles. The average molecular weight is 287 g/mol. The van der Waals surface area contributed by atoms with Crippen molar-refractivity contribution in [2.45, 2.75) is 51.0 Å². The average Bonchev–Trinajstić information content (AvgIpc) is 2.85. The molecule has 1 unspecified atom stereocenters. The van der Waals surface area contributed by atoms with Gasteiger partial charge in [-0.05, 0) is 47.8 Å². The molecule has 1 fully saturated rings. The molecule has 106 valence electrons. The van der Waals surface area contributed by atoms with Crippen molar-refractivity contribution in [2.24, 2.45) is 5.73 Å². The third kappa shape index (κ3) is 2.63. The van der Waals surface area contributed by atoms with Gasteiger partial charge in [0.15, 0.2) is 0 Å². The minimum Gasteiger partial charge on any atom is -0.320 e. The molecule has 0 bridgehead atoms. The Hall–Kier alpha value is -1.26. The Balaban J connectivity index is 1.85. The molecule has 0 radical (unpaired) electrons. The highest BCUT2D eigenvalue weighted by atomic mass is 32.1. The van der Waals surface area contributed by atoms with Gasteiger partial charge in [0.25, 0.3) is 0 Å². The van der Waals surface area contributed by atoms with Crippen LogP contribution in [0.5, 0.6) is 0 Å². The van der Waals surface area contributed by atoms with Crippen LogP contribution < -0.4 is 5.73 Å². The maximum atomic E-state index is 6.45. The van der Waals surface area contributed by atoms with Crippen molar-refractivity contribution in [3.63, 3.8) is 0 Å². The maximum Gasteiger partial charge on any atom is 0.0807 e. The van der Waals surface area contributed by atoms with Gasteiger partial charge in [0, 0.05) is 0 Å². The fourth-order valence-corrected chi connectivity index (χ4v) is 3.49. The molecule has 20 heavy (non-hydrogen) atoms. The third-order valence-corrected chi connectivity index (χ3v) is 5.05. The topological polar surface area (TPSA) is 51.8 Å². The fraction of sp³-hybridized carbons (Fsp3) is 0.500. The lowest BCUT2D eigenvalue weighted by Crippen LogP contribution is -2.14. The van der Waals surface area contributed by atoms with Gasteiger partial charge in [0.2, 0.25) is 0 Å². The van der Waals surface area contributed by atoms with Gasteiger partial charge in [0.05, 0.1) is 16.6 Å². The van der Waals surface area contributed by atoms with E-state index in [-0.39, 0.29) is 6.04 Å². The number of aromatic nitrogens is 2. The summed E-state index contributed by atoms with van der Waals surface area (Å²) in [6.07, 6.45) is 6.04. The molecule has 2 aromatic rings. The van der Waals surface area contributed by atoms with Crippen LogP contribution in [0.25, 0.3) is 0 Å². The molecule has 0 aliphatic heterocycles. The molecular formula is C16H21N3S. The third-order valence-electron chi connectivity index (χ3n) is 4.20. The van der Waals surface area contributed by atoms with Crippen LogP contribution in [-0.2, 0) is 6.42 Å². The van der Waals surface area contributed by atoms with Gasteiger partial charge in [-0.1, -0.05) is 48.5 Å². The Morgan fingerprint density at radius 3 is 2.95 bits per heavy atom. The minimum absolute atomic E-state index is 0.0865. The van der Waals surface area contributed by atoms with Crippen molar-refractivity contribution in [3.05, 3.63) is 46.0 Å². The van der Waals surface area contributed by atoms with E-state index in [2.05, 4.69) is 40.8 Å². The smallest absolute Gasteiger partial charge is 0.0807 e. The Kier molecular flexibility index (Phi) is 4.13. The van der Waals surface area contributed by atoms with Gasteiger partial charge < -0.3 is 5.73 Å². The van der Waals surface area contributed by atoms with Gasteiger partial charge in [-0.15, -0.1) is 5.10 Å². The predicted octanol–water partition coefficient (Wildman–Crippen LogP) is 3.81. The molecule has 0 amide bonds. The second-order valence-corrected chi connectivity index (χ2v) is 6.40. The fourth-order valence-electron chi connectivity index (χ4n) is 2.76. The highest BCUT2D eigenvalue weighted by Crippen LogP contribution is 2.37. The summed E-state index contributed by atoms with van der Waals surface area (Å²) in [5.41, 5.74) is 10.2. The van der Waals surface area contributed by atoms with E-state index >= 15 is 0 Å². The van der Waals surface area contributed by atoms with E-state index in [1.165, 1.54) is 41.9 Å². The van der Waals surface area contributed by atoms with E-state index in [1.807, 2.05) is 0 Å². The van der Waals surface area contributed by atoms with E-state index in [9.17, 15) is 0 Å². The molecule has 1 aliphatic carbocycles. The molecule has 1 aromatic carbocycles. The Morgan fingerprint density at radius 2 is 2.25 bits per heavy atom. The number of nitrogens with zero attached hydrogens (tertiary/aromatic N) is 2. The van der Waals surface area contributed by atoms with Crippen molar-refractivity contribution in [1.29, 1.82) is 0 Å². The zero-order valence-corrected chi connectivity index (χ0v) is 12.7. The summed E-state index contributed by atoms with van der Waals surface area (Å²) in [5.74, 6) is 0.747. The van der Waals surface area contributed by atoms with Gasteiger partial charge in [0.1, 0.15) is 0 Å². The molecule has 1 heterocycles. The van der Waals surface area contributed by atoms with Gasteiger partial charge in [-0.2, -0.15) is 0 Å². The molecule has 4 heteroatoms. The summed E-state index contributed by atoms with van der Waals surface area (Å²) < 4.78 is 4.08. The van der Waals surface area contributed by atoms with Crippen molar-refractivity contribution >= 4 is 11.5 Å². The normalized spacial score (nSPS) is 16.9. The summed E-state index contributed by atoms with van der Waals surface area (Å²) in [4.78, 5) is 1.12. The molecule has 1 saturated carbocycles. The standard InChI is InChI=1S/C16H21N3S/c1-2-5-14-16(20-19-18-14)15(17)13-9-4-8-12(10-13)11-6-3-7-11/h4,8-11,15H,2-3,5-7,17H2,1H3. The maximum absolute atomic E-state index is 6.45. The van der Waals surface area contributed by atoms with Crippen LogP contribution >= 0.6 is 11.5 Å². The number of rotatable bonds is 5. The van der Waals surface area contributed by atoms with Crippen molar-refractivity contribution in [3.8, 4) is 0 Å². The first-order valence-corrected chi connectivity index (χ1v) is 8.23. The summed E-state index contributed by atoms with van der Waals surface area (Å²) >= 11 is 1.44. The molecule has 0 saturated heterocycles. The minimum atomic E-state index is -0.0865. The summed E-state index contributed by atoms with van der Waals surface area (Å²) in [6, 6.07) is 8.69. The highest BCUT2D eigenvalue weighted by molar-refractivity contribution is 7.05. The molecule has 2 N–H and O–H groups in total. The lowest BCUT2D eigenvalue weighted by molar-refractivity contribution is 0.419. The zero-order chi connectivity index (χ0) is 13.9. The first kappa shape index (κ1) is 13.7. The van der Waals surface area contributed by atoms with Crippen LogP contribution in [0, 0.1) is 0 Å². The number of aryl methyl sites for hydroxylation is 1. The van der Waals surface area contributed by atoms with Gasteiger partial charge in [-0.3, -0.25) is 0 Å². The van der Waals surface area contributed by atoms with E-state index < -0.39 is 0 Å². The Labute approximate surface area is 124 Å². The molecule has 1 atom stereocenters. The highest BCUT2D eigenvalue weighted by Gasteiger charge is 2.22. The number of hydrogen-bond acceptors (Lipinski definition) is 4. The SMILES string of the molecule is CCCc1nnsc1C(N)c1cccc(C2CCC2)c1. The first-order chi connectivity index (χ1) is 9.79. The quantitative estimate of drug-likeness (QED) is 0.910. The molecule has 1 aliphatic rings. The number of nitrogens with two attached hydrogens (primary N) is 1. The number of hydrogen-bond donors (Lipinski definition) is 1. The van der Waals surface area contributed by atoms with Crippen LogP contribution in [0.4, 0.5) is 0 Å². The van der Waals surface area contributed by atoms with Crippen LogP contribution in [-0.4, -0.2) is 9.59 Å². The monoisotopic (exact) mass is 287 g/mol. The molecule has 0 spiro atoms. The zero-order valence-electron chi connectivity index (χ0n) is 11.9. The van der Waals surface area contributed by atoms with E-state index in [1.54, 1.807) is 0 Å². The Morgan fingerprint density at radius 1 is 1.40 bits per heavy atom. The second-order valence-electron chi connectivity index (χ2n) is 5.61. The summed E-state index contributed by atoms with van der Waals surface area (Å²) in [7, 11) is 0. The van der Waals surface area contributed by atoms with Gasteiger partial charge in [-0.25, -0.2) is 0 Å². The van der Waals surface area contributed by atoms with Crippen LogP contribution in [0.1, 0.15) is 66.3 Å². The van der Waals surface area contributed by atoms with Crippen molar-refractivity contribution in [1.82, 2.24) is 9.59 Å².